The molecule has 0 spiro atoms. The first-order chi connectivity index (χ1) is 17.0. The molecule has 0 saturated heterocycles. The van der Waals surface area contributed by atoms with Crippen molar-refractivity contribution in [2.75, 3.05) is 5.32 Å². The highest BCUT2D eigenvalue weighted by atomic mass is 79.9. The number of hydrogen-bond donors (Lipinski definition) is 1. The van der Waals surface area contributed by atoms with Gasteiger partial charge in [-0.1, -0.05) is 60.7 Å². The predicted octanol–water partition coefficient (Wildman–Crippen LogP) is 6.89. The first-order valence-electron chi connectivity index (χ1n) is 10.7. The van der Waals surface area contributed by atoms with Gasteiger partial charge in [0.2, 0.25) is 0 Å². The molecule has 0 aliphatic carbocycles. The van der Waals surface area contributed by atoms with E-state index in [0.29, 0.717) is 32.5 Å². The van der Waals surface area contributed by atoms with Crippen LogP contribution in [0.15, 0.2) is 102 Å². The van der Waals surface area contributed by atoms with Gasteiger partial charge in [0.25, 0.3) is 11.6 Å². The van der Waals surface area contributed by atoms with Crippen LogP contribution in [0, 0.1) is 10.1 Å². The molecule has 0 unspecified atom stereocenters. The highest BCUT2D eigenvalue weighted by Crippen LogP contribution is 2.32. The van der Waals surface area contributed by atoms with Crippen LogP contribution in [-0.2, 0) is 0 Å². The minimum atomic E-state index is -0.511. The zero-order valence-electron chi connectivity index (χ0n) is 18.2. The van der Waals surface area contributed by atoms with Crippen LogP contribution in [0.1, 0.15) is 10.4 Å². The van der Waals surface area contributed by atoms with Crippen molar-refractivity contribution in [2.45, 2.75) is 0 Å². The maximum atomic E-state index is 13.0. The molecule has 1 N–H and O–H groups in total. The lowest BCUT2D eigenvalue weighted by Crippen LogP contribution is -2.12. The predicted molar refractivity (Wildman–Crippen MR) is 139 cm³/mol. The zero-order chi connectivity index (χ0) is 24.4. The number of halogens is 1. The molecule has 8 heteroatoms. The van der Waals surface area contributed by atoms with E-state index in [1.807, 2.05) is 60.7 Å². The third-order valence-electron chi connectivity index (χ3n) is 5.43. The molecule has 0 fully saturated rings. The number of nitrogens with one attached hydrogen (secondary N) is 1. The Kier molecular flexibility index (Phi) is 6.03. The fourth-order valence-electron chi connectivity index (χ4n) is 3.71. The Morgan fingerprint density at radius 2 is 1.37 bits per heavy atom. The van der Waals surface area contributed by atoms with Gasteiger partial charge < -0.3 is 5.32 Å². The van der Waals surface area contributed by atoms with Crippen molar-refractivity contribution in [1.29, 1.82) is 0 Å². The van der Waals surface area contributed by atoms with E-state index in [1.54, 1.807) is 18.2 Å². The van der Waals surface area contributed by atoms with Crippen LogP contribution in [0.4, 0.5) is 11.4 Å². The summed E-state index contributed by atoms with van der Waals surface area (Å²) in [6.07, 6.45) is 0. The van der Waals surface area contributed by atoms with Gasteiger partial charge in [-0.3, -0.25) is 14.9 Å². The van der Waals surface area contributed by atoms with E-state index >= 15 is 0 Å². The van der Waals surface area contributed by atoms with Crippen molar-refractivity contribution >= 4 is 44.2 Å². The van der Waals surface area contributed by atoms with Crippen LogP contribution >= 0.6 is 15.9 Å². The Morgan fingerprint density at radius 1 is 0.771 bits per heavy atom. The minimum absolute atomic E-state index is 0.117. The first-order valence-corrected chi connectivity index (χ1v) is 11.5. The summed E-state index contributed by atoms with van der Waals surface area (Å²) in [5.74, 6) is -0.414. The van der Waals surface area contributed by atoms with E-state index in [2.05, 4.69) is 21.2 Å². The standard InChI is InChI=1S/C27H17BrN4O3/c28-21-13-12-20(32(34)35)16-23(21)31-27(33)19-11-14-22-24(15-19)30-26(18-9-5-2-6-10-18)25(29-22)17-7-3-1-4-8-17/h1-16H,(H,31,33). The lowest BCUT2D eigenvalue weighted by Gasteiger charge is -2.12. The van der Waals surface area contributed by atoms with Gasteiger partial charge in [0.15, 0.2) is 0 Å². The Hall–Kier alpha value is -4.43. The quantitative estimate of drug-likeness (QED) is 0.199. The molecule has 1 amide bonds. The number of amides is 1. The zero-order valence-corrected chi connectivity index (χ0v) is 19.8. The van der Waals surface area contributed by atoms with Gasteiger partial charge in [0.1, 0.15) is 0 Å². The molecular weight excluding hydrogens is 508 g/mol. The molecule has 7 nitrogen and oxygen atoms in total. The Balaban J connectivity index is 1.57. The van der Waals surface area contributed by atoms with E-state index in [1.165, 1.54) is 18.2 Å². The average Bonchev–Trinajstić information content (AvgIpc) is 2.89. The number of hydrogen-bond acceptors (Lipinski definition) is 5. The number of carbonyl (C=O) groups excluding carboxylic acids is 1. The molecule has 0 radical (unpaired) electrons. The molecule has 0 bridgehead atoms. The van der Waals surface area contributed by atoms with Crippen LogP contribution in [0.3, 0.4) is 0 Å². The summed E-state index contributed by atoms with van der Waals surface area (Å²) in [4.78, 5) is 33.3. The second-order valence-electron chi connectivity index (χ2n) is 7.73. The summed E-state index contributed by atoms with van der Waals surface area (Å²) in [7, 11) is 0. The lowest BCUT2D eigenvalue weighted by atomic mass is 10.0. The van der Waals surface area contributed by atoms with Crippen molar-refractivity contribution in [2.24, 2.45) is 0 Å². The first kappa shape index (κ1) is 22.4. The normalized spacial score (nSPS) is 10.8. The molecule has 1 aromatic heterocycles. The molecule has 5 rings (SSSR count). The molecule has 0 aliphatic rings. The summed E-state index contributed by atoms with van der Waals surface area (Å²) in [5, 5.41) is 13.8. The van der Waals surface area contributed by atoms with Gasteiger partial charge >= 0.3 is 0 Å². The van der Waals surface area contributed by atoms with Crippen molar-refractivity contribution in [3.05, 3.63) is 117 Å². The third kappa shape index (κ3) is 4.64. The fourth-order valence-corrected chi connectivity index (χ4v) is 4.05. The Morgan fingerprint density at radius 3 is 1.97 bits per heavy atom. The van der Waals surface area contributed by atoms with Crippen LogP contribution in [-0.4, -0.2) is 20.8 Å². The number of non-ortho nitro benzene ring substituents is 1. The minimum Gasteiger partial charge on any atom is -0.321 e. The van der Waals surface area contributed by atoms with Gasteiger partial charge in [-0.25, -0.2) is 9.97 Å². The topological polar surface area (TPSA) is 98.0 Å². The Bertz CT molecular complexity index is 1570. The number of nitro benzene ring substituents is 1. The molecule has 35 heavy (non-hydrogen) atoms. The number of anilines is 1. The maximum Gasteiger partial charge on any atom is 0.271 e. The number of nitro groups is 1. The number of benzene rings is 4. The van der Waals surface area contributed by atoms with E-state index in [4.69, 9.17) is 9.97 Å². The van der Waals surface area contributed by atoms with E-state index in [9.17, 15) is 14.9 Å². The number of fused-ring (bicyclic) bond motifs is 1. The van der Waals surface area contributed by atoms with Gasteiger partial charge in [-0.15, -0.1) is 0 Å². The number of rotatable bonds is 5. The molecule has 0 atom stereocenters. The molecule has 4 aromatic carbocycles. The van der Waals surface area contributed by atoms with Crippen LogP contribution in [0.2, 0.25) is 0 Å². The van der Waals surface area contributed by atoms with Crippen LogP contribution in [0.25, 0.3) is 33.5 Å². The fraction of sp³-hybridized carbons (Fsp3) is 0. The second kappa shape index (κ2) is 9.44. The molecule has 0 aliphatic heterocycles. The summed E-state index contributed by atoms with van der Waals surface area (Å²) in [6.45, 7) is 0. The van der Waals surface area contributed by atoms with Crippen LogP contribution in [0.5, 0.6) is 0 Å². The summed E-state index contributed by atoms with van der Waals surface area (Å²) in [6, 6.07) is 28.9. The smallest absolute Gasteiger partial charge is 0.271 e. The second-order valence-corrected chi connectivity index (χ2v) is 8.59. The molecule has 1 heterocycles. The van der Waals surface area contributed by atoms with Crippen molar-refractivity contribution in [1.82, 2.24) is 9.97 Å². The number of carbonyl (C=O) groups is 1. The third-order valence-corrected chi connectivity index (χ3v) is 6.12. The van der Waals surface area contributed by atoms with Crippen LogP contribution < -0.4 is 5.32 Å². The van der Waals surface area contributed by atoms with Crippen molar-refractivity contribution in [3.63, 3.8) is 0 Å². The summed E-state index contributed by atoms with van der Waals surface area (Å²) >= 11 is 3.33. The summed E-state index contributed by atoms with van der Waals surface area (Å²) < 4.78 is 0.538. The van der Waals surface area contributed by atoms with Gasteiger partial charge in [-0.05, 0) is 40.2 Å². The summed E-state index contributed by atoms with van der Waals surface area (Å²) in [5.41, 5.74) is 5.08. The number of nitrogens with zero attached hydrogens (tertiary/aromatic N) is 3. The highest BCUT2D eigenvalue weighted by Gasteiger charge is 2.16. The lowest BCUT2D eigenvalue weighted by molar-refractivity contribution is -0.384. The van der Waals surface area contributed by atoms with E-state index < -0.39 is 10.8 Å². The van der Waals surface area contributed by atoms with E-state index in [-0.39, 0.29) is 5.69 Å². The SMILES string of the molecule is O=C(Nc1cc([N+](=O)[O-])ccc1Br)c1ccc2nc(-c3ccccc3)c(-c3ccccc3)nc2c1. The number of aromatic nitrogens is 2. The molecule has 0 saturated carbocycles. The van der Waals surface area contributed by atoms with Gasteiger partial charge in [-0.2, -0.15) is 0 Å². The molecule has 5 aromatic rings. The highest BCUT2D eigenvalue weighted by molar-refractivity contribution is 9.10. The monoisotopic (exact) mass is 524 g/mol. The van der Waals surface area contributed by atoms with Crippen molar-refractivity contribution < 1.29 is 9.72 Å². The van der Waals surface area contributed by atoms with Crippen molar-refractivity contribution in [3.8, 4) is 22.5 Å². The van der Waals surface area contributed by atoms with Gasteiger partial charge in [0, 0.05) is 33.3 Å². The average molecular weight is 525 g/mol. The van der Waals surface area contributed by atoms with Gasteiger partial charge in [0.05, 0.1) is 33.0 Å². The maximum absolute atomic E-state index is 13.0. The largest absolute Gasteiger partial charge is 0.321 e. The van der Waals surface area contributed by atoms with E-state index in [0.717, 1.165) is 16.8 Å². The Labute approximate surface area is 208 Å². The molecule has 170 valence electrons. The molecular formula is C27H17BrN4O3.